The third kappa shape index (κ3) is 12.3. The van der Waals surface area contributed by atoms with Crippen LogP contribution >= 0.6 is 0 Å². The SMILES string of the molecule is CCCCCCCCCCCCOS(=O)(=O)OO. The molecule has 6 heteroatoms. The van der Waals surface area contributed by atoms with E-state index in [4.69, 9.17) is 5.26 Å². The molecular weight excluding hydrogens is 256 g/mol. The van der Waals surface area contributed by atoms with Crippen LogP contribution in [0.1, 0.15) is 71.1 Å². The topological polar surface area (TPSA) is 72.8 Å². The highest BCUT2D eigenvalue weighted by molar-refractivity contribution is 7.81. The van der Waals surface area contributed by atoms with Gasteiger partial charge in [-0.15, -0.1) is 0 Å². The Labute approximate surface area is 111 Å². The molecule has 0 fully saturated rings. The molecule has 0 saturated carbocycles. The van der Waals surface area contributed by atoms with Crippen molar-refractivity contribution in [2.75, 3.05) is 6.61 Å². The van der Waals surface area contributed by atoms with Gasteiger partial charge in [0.1, 0.15) is 0 Å². The Hall–Kier alpha value is -0.170. The molecule has 0 rings (SSSR count). The van der Waals surface area contributed by atoms with Crippen LogP contribution in [-0.4, -0.2) is 20.3 Å². The summed E-state index contributed by atoms with van der Waals surface area (Å²) in [6.07, 6.45) is 11.7. The van der Waals surface area contributed by atoms with E-state index in [1.807, 2.05) is 0 Å². The molecule has 0 atom stereocenters. The molecule has 0 unspecified atom stereocenters. The lowest BCUT2D eigenvalue weighted by Crippen LogP contribution is -2.08. The first-order valence-electron chi connectivity index (χ1n) is 6.85. The van der Waals surface area contributed by atoms with Crippen molar-refractivity contribution < 1.29 is 22.2 Å². The summed E-state index contributed by atoms with van der Waals surface area (Å²) >= 11 is 0. The van der Waals surface area contributed by atoms with E-state index in [-0.39, 0.29) is 6.61 Å². The van der Waals surface area contributed by atoms with Crippen LogP contribution in [0.3, 0.4) is 0 Å². The zero-order valence-corrected chi connectivity index (χ0v) is 12.1. The van der Waals surface area contributed by atoms with Crippen molar-refractivity contribution in [2.24, 2.45) is 0 Å². The molecular formula is C12H26O5S. The Morgan fingerprint density at radius 1 is 0.833 bits per heavy atom. The molecule has 0 aromatic carbocycles. The molecule has 0 aromatic rings. The van der Waals surface area contributed by atoms with Crippen molar-refractivity contribution in [3.8, 4) is 0 Å². The van der Waals surface area contributed by atoms with Crippen molar-refractivity contribution in [3.63, 3.8) is 0 Å². The second-order valence-corrected chi connectivity index (χ2v) is 5.69. The lowest BCUT2D eigenvalue weighted by molar-refractivity contribution is -0.142. The first kappa shape index (κ1) is 17.8. The number of hydrogen-bond acceptors (Lipinski definition) is 5. The van der Waals surface area contributed by atoms with Crippen LogP contribution in [0.2, 0.25) is 0 Å². The molecule has 0 aliphatic carbocycles. The van der Waals surface area contributed by atoms with Gasteiger partial charge in [0.05, 0.1) is 6.61 Å². The fraction of sp³-hybridized carbons (Fsp3) is 1.00. The summed E-state index contributed by atoms with van der Waals surface area (Å²) in [5.74, 6) is 0. The summed E-state index contributed by atoms with van der Waals surface area (Å²) in [4.78, 5) is 0. The maximum Gasteiger partial charge on any atom is 0.426 e. The summed E-state index contributed by atoms with van der Waals surface area (Å²) in [5.41, 5.74) is 0. The Kier molecular flexibility index (Phi) is 11.8. The van der Waals surface area contributed by atoms with Crippen LogP contribution in [0.15, 0.2) is 0 Å². The van der Waals surface area contributed by atoms with Gasteiger partial charge in [-0.05, 0) is 6.42 Å². The van der Waals surface area contributed by atoms with Gasteiger partial charge in [0.25, 0.3) is 0 Å². The average molecular weight is 282 g/mol. The monoisotopic (exact) mass is 282 g/mol. The van der Waals surface area contributed by atoms with Crippen molar-refractivity contribution >= 4 is 10.4 Å². The van der Waals surface area contributed by atoms with Crippen LogP contribution < -0.4 is 0 Å². The van der Waals surface area contributed by atoms with Gasteiger partial charge in [0.15, 0.2) is 0 Å². The minimum Gasteiger partial charge on any atom is -0.246 e. The van der Waals surface area contributed by atoms with Crippen molar-refractivity contribution in [2.45, 2.75) is 71.1 Å². The minimum atomic E-state index is -4.17. The maximum absolute atomic E-state index is 10.6. The highest BCUT2D eigenvalue weighted by Gasteiger charge is 2.09. The zero-order valence-electron chi connectivity index (χ0n) is 11.3. The lowest BCUT2D eigenvalue weighted by atomic mass is 10.1. The Morgan fingerprint density at radius 2 is 1.28 bits per heavy atom. The average Bonchev–Trinajstić information content (AvgIpc) is 2.36. The third-order valence-corrected chi connectivity index (χ3v) is 3.45. The fourth-order valence-corrected chi connectivity index (χ4v) is 2.14. The van der Waals surface area contributed by atoms with Gasteiger partial charge >= 0.3 is 10.4 Å². The summed E-state index contributed by atoms with van der Waals surface area (Å²) < 4.78 is 28.7. The first-order valence-corrected chi connectivity index (χ1v) is 8.18. The van der Waals surface area contributed by atoms with Crippen LogP contribution in [0.4, 0.5) is 0 Å². The van der Waals surface area contributed by atoms with Crippen LogP contribution in [0.5, 0.6) is 0 Å². The summed E-state index contributed by atoms with van der Waals surface area (Å²) in [6, 6.07) is 0. The molecule has 1 N–H and O–H groups in total. The summed E-state index contributed by atoms with van der Waals surface area (Å²) in [5, 5.41) is 7.94. The van der Waals surface area contributed by atoms with E-state index in [0.29, 0.717) is 6.42 Å². The van der Waals surface area contributed by atoms with E-state index in [2.05, 4.69) is 15.4 Å². The minimum absolute atomic E-state index is 0.0688. The largest absolute Gasteiger partial charge is 0.426 e. The number of unbranched alkanes of at least 4 members (excludes halogenated alkanes) is 9. The Balaban J connectivity index is 3.12. The Morgan fingerprint density at radius 3 is 1.72 bits per heavy atom. The Bertz CT molecular complexity index is 264. The quantitative estimate of drug-likeness (QED) is 0.317. The van der Waals surface area contributed by atoms with Gasteiger partial charge in [-0.2, -0.15) is 8.42 Å². The van der Waals surface area contributed by atoms with Gasteiger partial charge in [-0.3, -0.25) is 0 Å². The summed E-state index contributed by atoms with van der Waals surface area (Å²) in [6.45, 7) is 2.28. The van der Waals surface area contributed by atoms with Gasteiger partial charge in [0, 0.05) is 0 Å². The van der Waals surface area contributed by atoms with E-state index in [9.17, 15) is 8.42 Å². The van der Waals surface area contributed by atoms with Gasteiger partial charge in [-0.1, -0.05) is 69.0 Å². The van der Waals surface area contributed by atoms with Gasteiger partial charge in [-0.25, -0.2) is 9.44 Å². The van der Waals surface area contributed by atoms with Crippen molar-refractivity contribution in [1.29, 1.82) is 0 Å². The molecule has 0 aliphatic heterocycles. The van der Waals surface area contributed by atoms with E-state index in [0.717, 1.165) is 12.8 Å². The highest BCUT2D eigenvalue weighted by atomic mass is 32.3. The second-order valence-electron chi connectivity index (χ2n) is 4.49. The molecule has 0 aromatic heterocycles. The van der Waals surface area contributed by atoms with Gasteiger partial charge < -0.3 is 0 Å². The van der Waals surface area contributed by atoms with E-state index in [1.54, 1.807) is 0 Å². The molecule has 0 amide bonds. The van der Waals surface area contributed by atoms with Crippen molar-refractivity contribution in [3.05, 3.63) is 0 Å². The molecule has 5 nitrogen and oxygen atoms in total. The summed E-state index contributed by atoms with van der Waals surface area (Å²) in [7, 11) is -4.17. The normalized spacial score (nSPS) is 11.9. The molecule has 0 bridgehead atoms. The molecule has 0 heterocycles. The standard InChI is InChI=1S/C12H26O5S/c1-2-3-4-5-6-7-8-9-10-11-12-16-18(14,15)17-13/h13H,2-12H2,1H3. The second kappa shape index (κ2) is 11.9. The van der Waals surface area contributed by atoms with Crippen LogP contribution in [0.25, 0.3) is 0 Å². The lowest BCUT2D eigenvalue weighted by Gasteiger charge is -2.02. The molecule has 0 saturated heterocycles. The first-order chi connectivity index (χ1) is 8.62. The third-order valence-electron chi connectivity index (χ3n) is 2.82. The predicted molar refractivity (Wildman–Crippen MR) is 70.4 cm³/mol. The molecule has 0 spiro atoms. The van der Waals surface area contributed by atoms with Crippen LogP contribution in [0, 0.1) is 0 Å². The molecule has 18 heavy (non-hydrogen) atoms. The fourth-order valence-electron chi connectivity index (χ4n) is 1.77. The maximum atomic E-state index is 10.6. The highest BCUT2D eigenvalue weighted by Crippen LogP contribution is 2.10. The van der Waals surface area contributed by atoms with E-state index < -0.39 is 10.4 Å². The van der Waals surface area contributed by atoms with E-state index in [1.165, 1.54) is 44.9 Å². The van der Waals surface area contributed by atoms with Crippen molar-refractivity contribution in [1.82, 2.24) is 0 Å². The number of hydrogen-bond donors (Lipinski definition) is 1. The van der Waals surface area contributed by atoms with Crippen LogP contribution in [-0.2, 0) is 18.9 Å². The smallest absolute Gasteiger partial charge is 0.246 e. The van der Waals surface area contributed by atoms with Gasteiger partial charge in [0.2, 0.25) is 0 Å². The number of rotatable bonds is 13. The molecule has 0 radical (unpaired) electrons. The zero-order chi connectivity index (χ0) is 13.7. The van der Waals surface area contributed by atoms with E-state index >= 15 is 0 Å². The molecule has 110 valence electrons. The predicted octanol–water partition coefficient (Wildman–Crippen LogP) is 3.66. The molecule has 0 aliphatic rings.